The summed E-state index contributed by atoms with van der Waals surface area (Å²) in [6, 6.07) is 5.15. The number of H-pyrrole nitrogens is 1. The van der Waals surface area contributed by atoms with Crippen molar-refractivity contribution < 1.29 is 9.90 Å². The molecule has 1 aromatic heterocycles. The summed E-state index contributed by atoms with van der Waals surface area (Å²) in [7, 11) is 0. The van der Waals surface area contributed by atoms with E-state index in [1.807, 2.05) is 0 Å². The monoisotopic (exact) mass is 358 g/mol. The van der Waals surface area contributed by atoms with Crippen molar-refractivity contribution >= 4 is 40.9 Å². The van der Waals surface area contributed by atoms with Gasteiger partial charge in [-0.25, -0.2) is 0 Å². The summed E-state index contributed by atoms with van der Waals surface area (Å²) in [5.74, 6) is -0.754. The second-order valence-corrected chi connectivity index (χ2v) is 6.11. The largest absolute Gasteiger partial charge is 0.550 e. The Morgan fingerprint density at radius 1 is 1.32 bits per heavy atom. The van der Waals surface area contributed by atoms with Gasteiger partial charge in [-0.05, 0) is 24.1 Å². The lowest BCUT2D eigenvalue weighted by atomic mass is 10.2. The van der Waals surface area contributed by atoms with Crippen LogP contribution in [0.25, 0.3) is 0 Å². The van der Waals surface area contributed by atoms with Crippen LogP contribution < -0.4 is 10.7 Å². The number of carbonyl (C=O) groups excluding carboxylic acids is 1. The average Bonchev–Trinajstić information content (AvgIpc) is 2.45. The smallest absolute Gasteiger partial charge is 0.273 e. The molecule has 0 unspecified atom stereocenters. The van der Waals surface area contributed by atoms with Gasteiger partial charge in [0.25, 0.3) is 5.56 Å². The number of halogens is 2. The molecule has 2 rings (SSSR count). The molecule has 2 aromatic rings. The van der Waals surface area contributed by atoms with Gasteiger partial charge in [0.1, 0.15) is 5.69 Å². The Morgan fingerprint density at radius 3 is 2.73 bits per heavy atom. The van der Waals surface area contributed by atoms with E-state index in [0.717, 1.165) is 5.56 Å². The normalized spacial score (nSPS) is 10.6. The first kappa shape index (κ1) is 16.8. The molecule has 0 saturated heterocycles. The minimum Gasteiger partial charge on any atom is -0.550 e. The van der Waals surface area contributed by atoms with Crippen LogP contribution in [0.2, 0.25) is 10.0 Å². The number of aromatic nitrogens is 3. The van der Waals surface area contributed by atoms with Gasteiger partial charge in [0.2, 0.25) is 0 Å². The van der Waals surface area contributed by atoms with Crippen LogP contribution in [0.5, 0.6) is 0 Å². The van der Waals surface area contributed by atoms with Crippen LogP contribution in [0.15, 0.2) is 28.2 Å². The Hall–Kier alpha value is -1.57. The topological polar surface area (TPSA) is 98.8 Å². The summed E-state index contributed by atoms with van der Waals surface area (Å²) < 4.78 is 0. The Morgan fingerprint density at radius 2 is 2.09 bits per heavy atom. The number of nitrogens with one attached hydrogen (secondary N) is 1. The number of carboxylic acids is 1. The fourth-order valence-electron chi connectivity index (χ4n) is 1.58. The van der Waals surface area contributed by atoms with E-state index in [4.69, 9.17) is 23.2 Å². The maximum atomic E-state index is 11.7. The molecular formula is C13H10Cl2N3O3S-. The summed E-state index contributed by atoms with van der Waals surface area (Å²) in [4.78, 5) is 24.7. The molecule has 0 aliphatic rings. The number of carbonyl (C=O) groups is 1. The third kappa shape index (κ3) is 4.72. The lowest BCUT2D eigenvalue weighted by Gasteiger charge is -2.05. The molecule has 0 radical (unpaired) electrons. The minimum absolute atomic E-state index is 0.0153. The standard InChI is InChI=1S/C13H11Cl2N3O3S/c14-8-2-1-7(9(15)5-8)6-22-13-16-12(21)10(17-18-13)3-4-11(19)20/h1-2,5H,3-4,6H2,(H,19,20)(H,16,18,21)/p-1. The molecule has 0 atom stereocenters. The van der Waals surface area contributed by atoms with Crippen molar-refractivity contribution in [1.29, 1.82) is 0 Å². The van der Waals surface area contributed by atoms with Crippen LogP contribution in [0.1, 0.15) is 17.7 Å². The van der Waals surface area contributed by atoms with Crippen molar-refractivity contribution in [2.75, 3.05) is 0 Å². The van der Waals surface area contributed by atoms with Crippen LogP contribution in [0.3, 0.4) is 0 Å². The van der Waals surface area contributed by atoms with Crippen molar-refractivity contribution in [3.63, 3.8) is 0 Å². The maximum absolute atomic E-state index is 11.7. The zero-order chi connectivity index (χ0) is 16.1. The zero-order valence-electron chi connectivity index (χ0n) is 11.1. The molecule has 1 heterocycles. The number of hydrogen-bond donors (Lipinski definition) is 1. The first-order valence-corrected chi connectivity index (χ1v) is 7.92. The van der Waals surface area contributed by atoms with E-state index < -0.39 is 11.5 Å². The van der Waals surface area contributed by atoms with Gasteiger partial charge in [-0.2, -0.15) is 0 Å². The molecule has 9 heteroatoms. The number of nitrogens with zero attached hydrogens (tertiary/aromatic N) is 2. The molecule has 1 N–H and O–H groups in total. The van der Waals surface area contributed by atoms with Crippen LogP contribution in [0, 0.1) is 0 Å². The van der Waals surface area contributed by atoms with Gasteiger partial charge in [-0.15, -0.1) is 10.2 Å². The zero-order valence-corrected chi connectivity index (χ0v) is 13.5. The highest BCUT2D eigenvalue weighted by molar-refractivity contribution is 7.98. The molecule has 0 bridgehead atoms. The van der Waals surface area contributed by atoms with Gasteiger partial charge in [0.15, 0.2) is 5.16 Å². The van der Waals surface area contributed by atoms with Crippen LogP contribution in [-0.4, -0.2) is 21.2 Å². The van der Waals surface area contributed by atoms with E-state index in [-0.39, 0.29) is 18.5 Å². The van der Waals surface area contributed by atoms with E-state index >= 15 is 0 Å². The van der Waals surface area contributed by atoms with E-state index in [1.165, 1.54) is 11.8 Å². The highest BCUT2D eigenvalue weighted by Crippen LogP contribution is 2.26. The Kier molecular flexibility index (Phi) is 5.82. The quantitative estimate of drug-likeness (QED) is 0.784. The second kappa shape index (κ2) is 7.62. The molecule has 0 aliphatic carbocycles. The first-order chi connectivity index (χ1) is 10.5. The number of benzene rings is 1. The maximum Gasteiger partial charge on any atom is 0.273 e. The molecule has 0 amide bonds. The molecule has 0 aliphatic heterocycles. The van der Waals surface area contributed by atoms with Crippen LogP contribution in [-0.2, 0) is 17.0 Å². The van der Waals surface area contributed by atoms with Gasteiger partial charge in [0, 0.05) is 28.2 Å². The summed E-state index contributed by atoms with van der Waals surface area (Å²) in [5.41, 5.74) is 0.457. The summed E-state index contributed by atoms with van der Waals surface area (Å²) in [6.07, 6.45) is -0.288. The van der Waals surface area contributed by atoms with E-state index in [2.05, 4.69) is 15.2 Å². The predicted molar refractivity (Wildman–Crippen MR) is 82.0 cm³/mol. The summed E-state index contributed by atoms with van der Waals surface area (Å²) >= 11 is 13.1. The molecule has 116 valence electrons. The van der Waals surface area contributed by atoms with E-state index in [0.29, 0.717) is 21.0 Å². The Balaban J connectivity index is 2.03. The molecular weight excluding hydrogens is 349 g/mol. The number of aromatic amines is 1. The van der Waals surface area contributed by atoms with Crippen molar-refractivity contribution in [3.8, 4) is 0 Å². The fourth-order valence-corrected chi connectivity index (χ4v) is 2.94. The number of thioether (sulfide) groups is 1. The number of hydrogen-bond acceptors (Lipinski definition) is 6. The number of carboxylic acid groups (broad SMARTS) is 1. The SMILES string of the molecule is O=C([O-])CCc1nnc(SCc2ccc(Cl)cc2Cl)[nH]c1=O. The van der Waals surface area contributed by atoms with Gasteiger partial charge >= 0.3 is 0 Å². The first-order valence-electron chi connectivity index (χ1n) is 6.18. The highest BCUT2D eigenvalue weighted by Gasteiger charge is 2.07. The fraction of sp³-hybridized carbons (Fsp3) is 0.231. The van der Waals surface area contributed by atoms with Gasteiger partial charge in [-0.1, -0.05) is 41.0 Å². The second-order valence-electron chi connectivity index (χ2n) is 4.30. The van der Waals surface area contributed by atoms with E-state index in [1.54, 1.807) is 18.2 Å². The third-order valence-corrected chi connectivity index (χ3v) is 4.19. The van der Waals surface area contributed by atoms with Gasteiger partial charge in [0.05, 0.1) is 0 Å². The predicted octanol–water partition coefficient (Wildman–Crippen LogP) is 1.45. The van der Waals surface area contributed by atoms with Gasteiger partial charge < -0.3 is 9.90 Å². The lowest BCUT2D eigenvalue weighted by molar-refractivity contribution is -0.305. The molecule has 0 saturated carbocycles. The molecule has 1 aromatic carbocycles. The van der Waals surface area contributed by atoms with Crippen molar-refractivity contribution in [1.82, 2.24) is 15.2 Å². The number of aryl methyl sites for hydroxylation is 1. The van der Waals surface area contributed by atoms with Crippen molar-refractivity contribution in [3.05, 3.63) is 49.9 Å². The third-order valence-electron chi connectivity index (χ3n) is 2.69. The molecule has 22 heavy (non-hydrogen) atoms. The summed E-state index contributed by atoms with van der Waals surface area (Å²) in [5, 5.41) is 19.4. The lowest BCUT2D eigenvalue weighted by Crippen LogP contribution is -2.25. The van der Waals surface area contributed by atoms with Crippen molar-refractivity contribution in [2.45, 2.75) is 23.8 Å². The van der Waals surface area contributed by atoms with Crippen LogP contribution >= 0.6 is 35.0 Å². The highest BCUT2D eigenvalue weighted by atomic mass is 35.5. The van der Waals surface area contributed by atoms with Crippen molar-refractivity contribution in [2.24, 2.45) is 0 Å². The molecule has 0 fully saturated rings. The van der Waals surface area contributed by atoms with Crippen LogP contribution in [0.4, 0.5) is 0 Å². The number of rotatable bonds is 6. The Bertz CT molecular complexity index is 752. The minimum atomic E-state index is -1.24. The average molecular weight is 359 g/mol. The summed E-state index contributed by atoms with van der Waals surface area (Å²) in [6.45, 7) is 0. The Labute approximate surface area is 139 Å². The van der Waals surface area contributed by atoms with Gasteiger partial charge in [-0.3, -0.25) is 9.78 Å². The number of aliphatic carboxylic acids is 1. The molecule has 0 spiro atoms. The molecule has 6 nitrogen and oxygen atoms in total. The van der Waals surface area contributed by atoms with E-state index in [9.17, 15) is 14.7 Å².